The van der Waals surface area contributed by atoms with E-state index in [1.807, 2.05) is 24.3 Å². The first-order valence-corrected chi connectivity index (χ1v) is 10.4. The number of nitrogens with zero attached hydrogens (tertiary/aromatic N) is 2. The number of nitrogens with one attached hydrogen (secondary N) is 1. The summed E-state index contributed by atoms with van der Waals surface area (Å²) in [6, 6.07) is 9.72. The average molecular weight is 405 g/mol. The number of amides is 1. The number of fused-ring (bicyclic) bond motifs is 1. The fourth-order valence-corrected chi connectivity index (χ4v) is 5.53. The van der Waals surface area contributed by atoms with E-state index in [9.17, 15) is 4.79 Å². The number of thioether (sulfide) groups is 1. The van der Waals surface area contributed by atoms with Crippen LogP contribution in [0, 0.1) is 0 Å². The number of hydrogen-bond donors (Lipinski definition) is 2. The van der Waals surface area contributed by atoms with Crippen LogP contribution in [-0.4, -0.2) is 34.4 Å². The van der Waals surface area contributed by atoms with E-state index < -0.39 is 5.91 Å². The second-order valence-corrected chi connectivity index (χ2v) is 8.94. The van der Waals surface area contributed by atoms with E-state index in [0.717, 1.165) is 51.5 Å². The van der Waals surface area contributed by atoms with E-state index in [0.29, 0.717) is 10.3 Å². The van der Waals surface area contributed by atoms with Crippen LogP contribution in [0.4, 0.5) is 0 Å². The van der Waals surface area contributed by atoms with Crippen molar-refractivity contribution >= 4 is 50.7 Å². The van der Waals surface area contributed by atoms with Crippen molar-refractivity contribution in [3.63, 3.8) is 0 Å². The Morgan fingerprint density at radius 1 is 1.31 bits per heavy atom. The number of aromatic nitrogens is 2. The predicted molar refractivity (Wildman–Crippen MR) is 108 cm³/mol. The molecule has 2 aromatic heterocycles. The van der Waals surface area contributed by atoms with E-state index in [1.165, 1.54) is 11.3 Å². The lowest BCUT2D eigenvalue weighted by Crippen LogP contribution is -2.31. The smallest absolute Gasteiger partial charge is 0.270 e. The third-order valence-electron chi connectivity index (χ3n) is 4.31. The zero-order valence-electron chi connectivity index (χ0n) is 13.9. The summed E-state index contributed by atoms with van der Waals surface area (Å²) in [4.78, 5) is 12.8. The van der Waals surface area contributed by atoms with Crippen LogP contribution in [0.3, 0.4) is 0 Å². The normalized spacial score (nSPS) is 17.5. The van der Waals surface area contributed by atoms with Gasteiger partial charge in [-0.15, -0.1) is 21.5 Å². The van der Waals surface area contributed by atoms with Gasteiger partial charge >= 0.3 is 0 Å². The SMILES string of the molecule is NC(=O)c1nnc(S[C@H]2CCCNC2)c2cc(-c3ccc(Cl)cc3)sc12. The standard InChI is InChI=1S/C18H17ClN4OS2/c19-11-5-3-10(4-6-11)14-8-13-16(26-14)15(17(20)24)22-23-18(13)25-12-2-1-7-21-9-12/h3-6,8,12,21H,1-2,7,9H2,(H2,20,24)/t12-/m0/s1. The number of halogens is 1. The minimum Gasteiger partial charge on any atom is -0.364 e. The maximum absolute atomic E-state index is 11.8. The summed E-state index contributed by atoms with van der Waals surface area (Å²) in [5, 5.41) is 14.8. The molecule has 1 saturated heterocycles. The number of benzene rings is 1. The highest BCUT2D eigenvalue weighted by atomic mass is 35.5. The number of nitrogens with two attached hydrogens (primary N) is 1. The Bertz CT molecular complexity index is 952. The molecule has 0 saturated carbocycles. The van der Waals surface area contributed by atoms with Crippen molar-refractivity contribution in [3.05, 3.63) is 41.0 Å². The lowest BCUT2D eigenvalue weighted by molar-refractivity contribution is 0.0996. The van der Waals surface area contributed by atoms with Crippen molar-refractivity contribution in [2.75, 3.05) is 13.1 Å². The minimum absolute atomic E-state index is 0.233. The first kappa shape index (κ1) is 17.7. The van der Waals surface area contributed by atoms with Gasteiger partial charge in [-0.25, -0.2) is 0 Å². The number of hydrogen-bond acceptors (Lipinski definition) is 6. The number of rotatable bonds is 4. The summed E-state index contributed by atoms with van der Waals surface area (Å²) < 4.78 is 0.795. The largest absolute Gasteiger partial charge is 0.364 e. The van der Waals surface area contributed by atoms with Crippen molar-refractivity contribution < 1.29 is 4.79 Å². The first-order chi connectivity index (χ1) is 12.6. The van der Waals surface area contributed by atoms with Gasteiger partial charge in [0.15, 0.2) is 5.69 Å². The van der Waals surface area contributed by atoms with Crippen LogP contribution in [-0.2, 0) is 0 Å². The van der Waals surface area contributed by atoms with Gasteiger partial charge in [0.05, 0.1) is 4.70 Å². The summed E-state index contributed by atoms with van der Waals surface area (Å²) in [5.41, 5.74) is 6.79. The van der Waals surface area contributed by atoms with Crippen LogP contribution in [0.1, 0.15) is 23.3 Å². The Hall–Kier alpha value is -1.67. The molecule has 1 aliphatic heterocycles. The molecule has 1 amide bonds. The molecule has 26 heavy (non-hydrogen) atoms. The predicted octanol–water partition coefficient (Wildman–Crippen LogP) is 3.95. The number of carbonyl (C=O) groups excluding carboxylic acids is 1. The Morgan fingerprint density at radius 2 is 2.12 bits per heavy atom. The molecule has 5 nitrogen and oxygen atoms in total. The number of primary amides is 1. The van der Waals surface area contributed by atoms with E-state index in [1.54, 1.807) is 11.8 Å². The lowest BCUT2D eigenvalue weighted by atomic mass is 10.2. The van der Waals surface area contributed by atoms with E-state index in [4.69, 9.17) is 17.3 Å². The molecule has 3 aromatic rings. The maximum Gasteiger partial charge on any atom is 0.270 e. The van der Waals surface area contributed by atoms with Crippen molar-refractivity contribution in [1.82, 2.24) is 15.5 Å². The molecule has 134 valence electrons. The number of piperidine rings is 1. The highest BCUT2D eigenvalue weighted by molar-refractivity contribution is 8.00. The van der Waals surface area contributed by atoms with Crippen molar-refractivity contribution in [2.45, 2.75) is 23.1 Å². The zero-order valence-corrected chi connectivity index (χ0v) is 16.3. The molecule has 1 aliphatic rings. The summed E-state index contributed by atoms with van der Waals surface area (Å²) in [5.74, 6) is -0.553. The highest BCUT2D eigenvalue weighted by Crippen LogP contribution is 2.40. The van der Waals surface area contributed by atoms with Gasteiger partial charge in [0.1, 0.15) is 5.03 Å². The lowest BCUT2D eigenvalue weighted by Gasteiger charge is -2.21. The molecule has 3 heterocycles. The molecule has 0 aliphatic carbocycles. The van der Waals surface area contributed by atoms with Crippen LogP contribution in [0.25, 0.3) is 20.5 Å². The highest BCUT2D eigenvalue weighted by Gasteiger charge is 2.21. The molecule has 8 heteroatoms. The van der Waals surface area contributed by atoms with Crippen LogP contribution in [0.15, 0.2) is 35.4 Å². The van der Waals surface area contributed by atoms with Crippen molar-refractivity contribution in [2.24, 2.45) is 5.73 Å². The maximum atomic E-state index is 11.8. The van der Waals surface area contributed by atoms with Gasteiger partial charge in [0, 0.05) is 27.1 Å². The fraction of sp³-hybridized carbons (Fsp3) is 0.278. The van der Waals surface area contributed by atoms with Crippen LogP contribution >= 0.6 is 34.7 Å². The molecule has 4 rings (SSSR count). The topological polar surface area (TPSA) is 80.9 Å². The second-order valence-electron chi connectivity index (χ2n) is 6.16. The van der Waals surface area contributed by atoms with Gasteiger partial charge in [0.25, 0.3) is 5.91 Å². The van der Waals surface area contributed by atoms with Gasteiger partial charge in [-0.05, 0) is 43.1 Å². The molecular formula is C18H17ClN4OS2. The Labute approximate surface area is 164 Å². The molecule has 1 atom stereocenters. The fourth-order valence-electron chi connectivity index (χ4n) is 3.00. The molecule has 0 radical (unpaired) electrons. The third kappa shape index (κ3) is 3.57. The van der Waals surface area contributed by atoms with Crippen LogP contribution in [0.5, 0.6) is 0 Å². The first-order valence-electron chi connectivity index (χ1n) is 8.35. The van der Waals surface area contributed by atoms with E-state index >= 15 is 0 Å². The quantitative estimate of drug-likeness (QED) is 0.688. The molecule has 3 N–H and O–H groups in total. The summed E-state index contributed by atoms with van der Waals surface area (Å²) in [6.45, 7) is 2.03. The van der Waals surface area contributed by atoms with Crippen molar-refractivity contribution in [1.29, 1.82) is 0 Å². The Kier molecular flexibility index (Phi) is 5.13. The monoisotopic (exact) mass is 404 g/mol. The molecule has 1 fully saturated rings. The molecule has 1 aromatic carbocycles. The summed E-state index contributed by atoms with van der Waals surface area (Å²) in [7, 11) is 0. The van der Waals surface area contributed by atoms with Gasteiger partial charge in [-0.3, -0.25) is 4.79 Å². The average Bonchev–Trinajstić information content (AvgIpc) is 3.09. The van der Waals surface area contributed by atoms with Gasteiger partial charge < -0.3 is 11.1 Å². The van der Waals surface area contributed by atoms with Crippen molar-refractivity contribution in [3.8, 4) is 10.4 Å². The molecule has 0 bridgehead atoms. The minimum atomic E-state index is -0.553. The third-order valence-corrected chi connectivity index (χ3v) is 7.01. The molecule has 0 unspecified atom stereocenters. The second kappa shape index (κ2) is 7.52. The number of carbonyl (C=O) groups is 1. The Morgan fingerprint density at radius 3 is 2.81 bits per heavy atom. The summed E-state index contributed by atoms with van der Waals surface area (Å²) >= 11 is 9.23. The molecule has 0 spiro atoms. The van der Waals surface area contributed by atoms with E-state index in [2.05, 4.69) is 21.6 Å². The van der Waals surface area contributed by atoms with E-state index in [-0.39, 0.29) is 5.69 Å². The van der Waals surface area contributed by atoms with Crippen LogP contribution < -0.4 is 11.1 Å². The zero-order chi connectivity index (χ0) is 18.1. The van der Waals surface area contributed by atoms with Gasteiger partial charge in [-0.2, -0.15) is 0 Å². The number of thiophene rings is 1. The Balaban J connectivity index is 1.78. The van der Waals surface area contributed by atoms with Gasteiger partial charge in [-0.1, -0.05) is 35.5 Å². The van der Waals surface area contributed by atoms with Gasteiger partial charge in [0.2, 0.25) is 0 Å². The molecular weight excluding hydrogens is 388 g/mol. The summed E-state index contributed by atoms with van der Waals surface area (Å²) in [6.07, 6.45) is 2.31. The van der Waals surface area contributed by atoms with Crippen LogP contribution in [0.2, 0.25) is 5.02 Å².